The van der Waals surface area contributed by atoms with Crippen LogP contribution >= 0.6 is 0 Å². The second-order valence-corrected chi connectivity index (χ2v) is 22.9. The minimum Gasteiger partial charge on any atom is -0.465 e. The molecule has 4 N–H and O–H groups in total. The Kier molecular flexibility index (Phi) is 16.1. The minimum absolute atomic E-state index is 0.154. The summed E-state index contributed by atoms with van der Waals surface area (Å²) in [5.41, 5.74) is 20.4. The van der Waals surface area contributed by atoms with E-state index in [2.05, 4.69) is 47.6 Å². The molecule has 0 radical (unpaired) electrons. The van der Waals surface area contributed by atoms with Crippen molar-refractivity contribution in [3.8, 4) is 56.4 Å². The Labute approximate surface area is 549 Å². The van der Waals surface area contributed by atoms with Gasteiger partial charge in [-0.1, -0.05) is 27.7 Å². The van der Waals surface area contributed by atoms with Gasteiger partial charge in [-0.25, -0.2) is 49.1 Å². The van der Waals surface area contributed by atoms with Crippen molar-refractivity contribution in [1.82, 2.24) is 59.8 Å². The lowest BCUT2D eigenvalue weighted by Crippen LogP contribution is -2.06. The molecule has 4 aliphatic heterocycles. The van der Waals surface area contributed by atoms with Crippen LogP contribution in [0.25, 0.3) is 149 Å². The molecule has 14 heterocycles. The van der Waals surface area contributed by atoms with Gasteiger partial charge in [0.15, 0.2) is 0 Å². The van der Waals surface area contributed by atoms with Crippen molar-refractivity contribution in [2.24, 2.45) is 0 Å². The smallest absolute Gasteiger partial charge is 0.338 e. The summed E-state index contributed by atoms with van der Waals surface area (Å²) < 4.78 is 21.1. The largest absolute Gasteiger partial charge is 0.465 e. The van der Waals surface area contributed by atoms with Crippen molar-refractivity contribution in [1.29, 1.82) is 0 Å². The van der Waals surface area contributed by atoms with Gasteiger partial charge in [0.2, 0.25) is 0 Å². The highest BCUT2D eigenvalue weighted by Gasteiger charge is 2.26. The normalized spacial score (nSPS) is 12.1. The fourth-order valence-electron chi connectivity index (χ4n) is 12.9. The highest BCUT2D eigenvalue weighted by Crippen LogP contribution is 2.39. The lowest BCUT2D eigenvalue weighted by Gasteiger charge is -2.12. The van der Waals surface area contributed by atoms with E-state index in [0.717, 1.165) is 66.7 Å². The fourth-order valence-corrected chi connectivity index (χ4v) is 12.9. The molecule has 0 spiro atoms. The first-order chi connectivity index (χ1) is 46.8. The van der Waals surface area contributed by atoms with E-state index in [0.29, 0.717) is 127 Å². The van der Waals surface area contributed by atoms with E-state index in [1.165, 1.54) is 28.4 Å². The number of esters is 4. The summed E-state index contributed by atoms with van der Waals surface area (Å²) in [6.45, 7) is 8.25. The molecule has 0 fully saturated rings. The number of hydrogen-bond donors (Lipinski definition) is 4. The number of ether oxygens (including phenoxy) is 4. The number of aromatic nitrogens is 12. The summed E-state index contributed by atoms with van der Waals surface area (Å²) in [5.74, 6) is -2.25. The number of carbonyl (C=O) groups is 4. The molecule has 0 saturated carbocycles. The van der Waals surface area contributed by atoms with Crippen LogP contribution in [-0.2, 0) is 44.6 Å². The average molecular weight is 1270 g/mol. The summed E-state index contributed by atoms with van der Waals surface area (Å²) in [6, 6.07) is 29.1. The Morgan fingerprint density at radius 1 is 0.292 bits per heavy atom. The molecule has 0 amide bonds. The average Bonchev–Trinajstić information content (AvgIpc) is 1.57. The third kappa shape index (κ3) is 11.0. The van der Waals surface area contributed by atoms with Crippen molar-refractivity contribution in [2.75, 3.05) is 28.4 Å². The van der Waals surface area contributed by atoms with Crippen LogP contribution in [0, 0.1) is 0 Å². The number of hydrogen-bond acceptors (Lipinski definition) is 16. The van der Waals surface area contributed by atoms with Crippen molar-refractivity contribution in [3.05, 3.63) is 200 Å². The standard InChI is InChI=1S/C76H62N12O8/c1-9-43-47-13-21-55(79-47)69(65-33-39(29-31-77-65)73(89)93-5)56-22-14-48(80-56)44(10-2)52-18-26-60(84-52)71(59-25-17-51(43)83-59)67-37-41(75(91)95-7)35-63(87-67)64-36-42(76(92)96-8)38-68(88-64)72-61-27-19-53(85-61)45(11-3)49-15-23-57(81-49)70(66-34-40(30-32-78-66)74(90)94-6)58-24-16-50(82-58)46(12-4)54-20-28-62(72)86-54/h13-38,79,81,84,86H,9-12H2,1-8H3. The Hall–Kier alpha value is -12.3. The van der Waals surface area contributed by atoms with Crippen LogP contribution in [0.2, 0.25) is 0 Å². The van der Waals surface area contributed by atoms with Crippen LogP contribution in [0.4, 0.5) is 0 Å². The molecule has 0 unspecified atom stereocenters. The molecule has 10 aromatic rings. The fraction of sp³-hybridized carbons (Fsp3) is 0.158. The molecule has 0 aliphatic carbocycles. The molecule has 0 atom stereocenters. The van der Waals surface area contributed by atoms with Gasteiger partial charge in [-0.15, -0.1) is 0 Å². The SMILES string of the molecule is CCc1c2nc(c(-c3cc(C(=O)OC)cc(-c4cc(C(=O)OC)cc(-c5c6nc(c(CC)c7ccc([nH]7)c(-c7cc(C(=O)OC)ccn7)c7nc(c(CC)c8ccc5[nH]8)C=C7)C=C6)n4)n3)c3ccc([nH]3)c(CC)c3nc(c(-c4cc(C(=O)OC)ccn4)c4ccc1[nH]4)C=C3)C=C2. The van der Waals surface area contributed by atoms with Gasteiger partial charge in [-0.05, 0) is 171 Å². The molecule has 0 aromatic carbocycles. The minimum atomic E-state index is -0.641. The summed E-state index contributed by atoms with van der Waals surface area (Å²) in [4.78, 5) is 110. The predicted molar refractivity (Wildman–Crippen MR) is 373 cm³/mol. The quantitative estimate of drug-likeness (QED) is 0.0617. The van der Waals surface area contributed by atoms with Gasteiger partial charge in [0.05, 0.1) is 152 Å². The molecule has 0 saturated heterocycles. The van der Waals surface area contributed by atoms with Crippen molar-refractivity contribution in [2.45, 2.75) is 53.4 Å². The van der Waals surface area contributed by atoms with Crippen molar-refractivity contribution in [3.63, 3.8) is 0 Å². The number of carbonyl (C=O) groups excluding carboxylic acids is 4. The topological polar surface area (TPSA) is 271 Å². The molecule has 20 nitrogen and oxygen atoms in total. The van der Waals surface area contributed by atoms with Crippen LogP contribution < -0.4 is 0 Å². The third-order valence-electron chi connectivity index (χ3n) is 17.5. The van der Waals surface area contributed by atoms with E-state index in [1.54, 1.807) is 60.9 Å². The summed E-state index contributed by atoms with van der Waals surface area (Å²) in [6.07, 6.45) is 21.1. The molecule has 96 heavy (non-hydrogen) atoms. The number of aryl methyl sites for hydroxylation is 4. The van der Waals surface area contributed by atoms with Crippen LogP contribution in [0.5, 0.6) is 0 Å². The number of aromatic amines is 4. The molecular formula is C76H62N12O8. The van der Waals surface area contributed by atoms with E-state index < -0.39 is 23.9 Å². The molecule has 474 valence electrons. The molecule has 14 rings (SSSR count). The van der Waals surface area contributed by atoms with Gasteiger partial charge in [0, 0.05) is 79.0 Å². The first kappa shape index (κ1) is 61.2. The number of nitrogens with zero attached hydrogens (tertiary/aromatic N) is 8. The van der Waals surface area contributed by atoms with Crippen LogP contribution in [0.3, 0.4) is 0 Å². The zero-order valence-electron chi connectivity index (χ0n) is 53.7. The number of H-pyrrole nitrogens is 4. The molecule has 4 aliphatic rings. The number of pyridine rings is 4. The van der Waals surface area contributed by atoms with Gasteiger partial charge in [0.1, 0.15) is 0 Å². The monoisotopic (exact) mass is 1270 g/mol. The maximum Gasteiger partial charge on any atom is 0.338 e. The van der Waals surface area contributed by atoms with Crippen molar-refractivity contribution < 1.29 is 38.1 Å². The zero-order valence-corrected chi connectivity index (χ0v) is 53.7. The van der Waals surface area contributed by atoms with Gasteiger partial charge in [-0.3, -0.25) is 9.97 Å². The molecule has 20 heteroatoms. The second-order valence-electron chi connectivity index (χ2n) is 22.9. The first-order valence-corrected chi connectivity index (χ1v) is 31.4. The Balaban J connectivity index is 0.999. The Morgan fingerprint density at radius 3 is 0.812 bits per heavy atom. The van der Waals surface area contributed by atoms with Gasteiger partial charge < -0.3 is 38.9 Å². The zero-order chi connectivity index (χ0) is 66.5. The van der Waals surface area contributed by atoms with E-state index in [1.807, 2.05) is 97.1 Å². The highest BCUT2D eigenvalue weighted by molar-refractivity contribution is 6.01. The predicted octanol–water partition coefficient (Wildman–Crippen LogP) is 14.9. The molecular weight excluding hydrogens is 1210 g/mol. The second kappa shape index (κ2) is 25.3. The summed E-state index contributed by atoms with van der Waals surface area (Å²) >= 11 is 0. The van der Waals surface area contributed by atoms with Crippen LogP contribution in [0.15, 0.2) is 109 Å². The number of fused-ring (bicyclic) bond motifs is 16. The number of methoxy groups -OCH3 is 4. The first-order valence-electron chi connectivity index (χ1n) is 31.4. The highest BCUT2D eigenvalue weighted by atomic mass is 16.5. The van der Waals surface area contributed by atoms with E-state index in [9.17, 15) is 19.2 Å². The maximum absolute atomic E-state index is 14.2. The Morgan fingerprint density at radius 2 is 0.531 bits per heavy atom. The third-order valence-corrected chi connectivity index (χ3v) is 17.5. The lowest BCUT2D eigenvalue weighted by atomic mass is 10.0. The maximum atomic E-state index is 14.2. The van der Waals surface area contributed by atoms with Gasteiger partial charge in [0.25, 0.3) is 0 Å². The lowest BCUT2D eigenvalue weighted by molar-refractivity contribution is 0.0591. The summed E-state index contributed by atoms with van der Waals surface area (Å²) in [7, 11) is 5.33. The van der Waals surface area contributed by atoms with Gasteiger partial charge in [-0.2, -0.15) is 0 Å². The number of rotatable bonds is 13. The van der Waals surface area contributed by atoms with Gasteiger partial charge >= 0.3 is 23.9 Å². The molecule has 10 aromatic heterocycles. The van der Waals surface area contributed by atoms with E-state index in [-0.39, 0.29) is 22.5 Å². The Bertz CT molecular complexity index is 5130. The van der Waals surface area contributed by atoms with E-state index >= 15 is 0 Å². The summed E-state index contributed by atoms with van der Waals surface area (Å²) in [5, 5.41) is 0. The van der Waals surface area contributed by atoms with E-state index in [4.69, 9.17) is 58.8 Å². The number of nitrogens with one attached hydrogen (secondary N) is 4. The van der Waals surface area contributed by atoms with Crippen LogP contribution in [0.1, 0.15) is 137 Å². The van der Waals surface area contributed by atoms with Crippen molar-refractivity contribution >= 4 is 117 Å². The molecule has 16 bridgehead atoms. The van der Waals surface area contributed by atoms with Crippen LogP contribution in [-0.4, -0.2) is 112 Å².